The lowest BCUT2D eigenvalue weighted by Gasteiger charge is -2.53. The molecule has 1 fully saturated rings. The average Bonchev–Trinajstić information content (AvgIpc) is 3.15. The third-order valence-corrected chi connectivity index (χ3v) is 9.39. The molecule has 3 aliphatic rings. The fourth-order valence-electron chi connectivity index (χ4n) is 6.38. The number of piperidine rings is 1. The van der Waals surface area contributed by atoms with Crippen molar-refractivity contribution >= 4 is 26.6 Å². The number of fused-ring (bicyclic) bond motifs is 3. The van der Waals surface area contributed by atoms with Gasteiger partial charge in [0.15, 0.2) is 0 Å². The molecule has 2 N–H and O–H groups in total. The number of nitrogens with one attached hydrogen (secondary N) is 1. The number of benzene rings is 1. The van der Waals surface area contributed by atoms with Gasteiger partial charge in [0.2, 0.25) is 10.0 Å². The third kappa shape index (κ3) is 3.67. The fourth-order valence-corrected chi connectivity index (χ4v) is 7.48. The summed E-state index contributed by atoms with van der Waals surface area (Å²) in [5.41, 5.74) is 4.51. The quantitative estimate of drug-likeness (QED) is 0.578. The molecule has 4 heterocycles. The molecular weight excluding hydrogens is 436 g/mol. The molecule has 2 aromatic rings. The molecule has 2 atom stereocenters. The Labute approximate surface area is 197 Å². The maximum absolute atomic E-state index is 13.0. The summed E-state index contributed by atoms with van der Waals surface area (Å²) in [6, 6.07) is 5.79. The lowest BCUT2D eigenvalue weighted by molar-refractivity contribution is 0.0263. The van der Waals surface area contributed by atoms with E-state index in [-0.39, 0.29) is 12.0 Å². The van der Waals surface area contributed by atoms with Gasteiger partial charge in [0.05, 0.1) is 23.1 Å². The SMILES string of the molecule is CC[C@@]12C=C(CO)n3c4c(c5cc(S(=O)(=O)NCCCN(C)C)ccc53)CCN(CCC1)[C@H]42. The highest BCUT2D eigenvalue weighted by atomic mass is 32.2. The van der Waals surface area contributed by atoms with Crippen LogP contribution < -0.4 is 4.72 Å². The van der Waals surface area contributed by atoms with Crippen LogP contribution in [0.2, 0.25) is 0 Å². The zero-order valence-electron chi connectivity index (χ0n) is 20.0. The lowest BCUT2D eigenvalue weighted by Crippen LogP contribution is -2.50. The van der Waals surface area contributed by atoms with Gasteiger partial charge < -0.3 is 14.6 Å². The molecule has 8 heteroatoms. The predicted octanol–water partition coefficient (Wildman–Crippen LogP) is 2.81. The van der Waals surface area contributed by atoms with Crippen LogP contribution in [0.3, 0.4) is 0 Å². The van der Waals surface area contributed by atoms with Crippen molar-refractivity contribution in [3.63, 3.8) is 0 Å². The van der Waals surface area contributed by atoms with Gasteiger partial charge in [0.1, 0.15) is 0 Å². The van der Waals surface area contributed by atoms with Gasteiger partial charge in [0.25, 0.3) is 0 Å². The van der Waals surface area contributed by atoms with Crippen molar-refractivity contribution in [3.05, 3.63) is 35.5 Å². The zero-order valence-corrected chi connectivity index (χ0v) is 20.8. The largest absolute Gasteiger partial charge is 0.390 e. The summed E-state index contributed by atoms with van der Waals surface area (Å²) in [5.74, 6) is 0. The van der Waals surface area contributed by atoms with Crippen LogP contribution in [-0.2, 0) is 16.4 Å². The van der Waals surface area contributed by atoms with Gasteiger partial charge in [-0.15, -0.1) is 0 Å². The van der Waals surface area contributed by atoms with E-state index in [1.54, 1.807) is 6.07 Å². The Kier molecular flexibility index (Phi) is 5.94. The molecule has 0 unspecified atom stereocenters. The topological polar surface area (TPSA) is 77.8 Å². The summed E-state index contributed by atoms with van der Waals surface area (Å²) in [6.07, 6.45) is 7.34. The van der Waals surface area contributed by atoms with E-state index in [0.717, 1.165) is 61.9 Å². The average molecular weight is 473 g/mol. The molecule has 0 spiro atoms. The minimum Gasteiger partial charge on any atom is -0.390 e. The second-order valence-corrected chi connectivity index (χ2v) is 11.9. The number of aliphatic hydroxyl groups is 1. The smallest absolute Gasteiger partial charge is 0.240 e. The van der Waals surface area contributed by atoms with E-state index in [9.17, 15) is 13.5 Å². The van der Waals surface area contributed by atoms with Crippen molar-refractivity contribution in [3.8, 4) is 0 Å². The summed E-state index contributed by atoms with van der Waals surface area (Å²) >= 11 is 0. The third-order valence-electron chi connectivity index (χ3n) is 7.94. The van der Waals surface area contributed by atoms with Crippen LogP contribution in [0.1, 0.15) is 49.9 Å². The molecule has 33 heavy (non-hydrogen) atoms. The Hall–Kier alpha value is -1.71. The van der Waals surface area contributed by atoms with Crippen LogP contribution in [0.15, 0.2) is 29.2 Å². The highest BCUT2D eigenvalue weighted by Gasteiger charge is 2.50. The summed E-state index contributed by atoms with van der Waals surface area (Å²) in [6.45, 7) is 5.61. The Morgan fingerprint density at radius 1 is 1.27 bits per heavy atom. The van der Waals surface area contributed by atoms with Crippen molar-refractivity contribution in [2.75, 3.05) is 46.9 Å². The first-order valence-corrected chi connectivity index (χ1v) is 13.7. The minimum atomic E-state index is -3.57. The summed E-state index contributed by atoms with van der Waals surface area (Å²) < 4.78 is 31.0. The summed E-state index contributed by atoms with van der Waals surface area (Å²) in [5, 5.41) is 11.3. The Bertz CT molecular complexity index is 1200. The molecule has 3 aliphatic heterocycles. The lowest BCUT2D eigenvalue weighted by atomic mass is 9.66. The van der Waals surface area contributed by atoms with Gasteiger partial charge in [0, 0.05) is 35.3 Å². The van der Waals surface area contributed by atoms with Crippen LogP contribution in [0.25, 0.3) is 16.6 Å². The second-order valence-electron chi connectivity index (χ2n) is 10.1. The van der Waals surface area contributed by atoms with Crippen molar-refractivity contribution in [1.82, 2.24) is 19.1 Å². The van der Waals surface area contributed by atoms with E-state index in [4.69, 9.17) is 0 Å². The summed E-state index contributed by atoms with van der Waals surface area (Å²) in [4.78, 5) is 4.98. The molecule has 5 rings (SSSR count). The highest BCUT2D eigenvalue weighted by Crippen LogP contribution is 2.56. The molecule has 1 saturated heterocycles. The van der Waals surface area contributed by atoms with E-state index in [0.29, 0.717) is 17.5 Å². The normalized spacial score (nSPS) is 24.9. The molecule has 0 amide bonds. The zero-order chi connectivity index (χ0) is 23.4. The Morgan fingerprint density at radius 3 is 2.82 bits per heavy atom. The minimum absolute atomic E-state index is 0.0157. The monoisotopic (exact) mass is 472 g/mol. The standard InChI is InChI=1S/C25H36N4O3S/c1-4-25-10-5-13-28-14-9-20-21-15-19(33(31,32)26-11-6-12-27(2)3)7-8-22(21)29(18(16-25)17-30)23(20)24(25)28/h7-8,15-16,24,26,30H,4-6,9-14,17H2,1-3H3/t24-,25+/m1/s1. The number of hydrogen-bond acceptors (Lipinski definition) is 5. The first kappa shape index (κ1) is 23.1. The Balaban J connectivity index is 1.59. The van der Waals surface area contributed by atoms with E-state index in [2.05, 4.69) is 27.2 Å². The number of rotatable bonds is 8. The first-order valence-electron chi connectivity index (χ1n) is 12.2. The van der Waals surface area contributed by atoms with Gasteiger partial charge in [-0.1, -0.05) is 13.0 Å². The van der Waals surface area contributed by atoms with E-state index < -0.39 is 10.0 Å². The second kappa shape index (κ2) is 8.50. The van der Waals surface area contributed by atoms with Crippen LogP contribution >= 0.6 is 0 Å². The number of nitrogens with zero attached hydrogens (tertiary/aromatic N) is 3. The molecule has 1 aromatic heterocycles. The molecule has 7 nitrogen and oxygen atoms in total. The van der Waals surface area contributed by atoms with Crippen molar-refractivity contribution in [1.29, 1.82) is 0 Å². The van der Waals surface area contributed by atoms with E-state index >= 15 is 0 Å². The van der Waals surface area contributed by atoms with Crippen LogP contribution in [0, 0.1) is 5.41 Å². The van der Waals surface area contributed by atoms with Gasteiger partial charge in [-0.25, -0.2) is 13.1 Å². The predicted molar refractivity (Wildman–Crippen MR) is 132 cm³/mol. The molecule has 0 bridgehead atoms. The Morgan fingerprint density at radius 2 is 2.09 bits per heavy atom. The maximum Gasteiger partial charge on any atom is 0.240 e. The molecule has 0 radical (unpaired) electrons. The molecule has 1 aromatic carbocycles. The number of hydrogen-bond donors (Lipinski definition) is 2. The molecule has 0 aliphatic carbocycles. The van der Waals surface area contributed by atoms with Crippen LogP contribution in [0.5, 0.6) is 0 Å². The van der Waals surface area contributed by atoms with Gasteiger partial charge in [-0.05, 0) is 83.1 Å². The van der Waals surface area contributed by atoms with E-state index in [1.807, 2.05) is 31.1 Å². The fraction of sp³-hybridized carbons (Fsp3) is 0.600. The number of aromatic nitrogens is 1. The number of aliphatic hydroxyl groups excluding tert-OH is 1. The molecular formula is C25H36N4O3S. The van der Waals surface area contributed by atoms with Crippen molar-refractivity contribution in [2.24, 2.45) is 5.41 Å². The summed E-state index contributed by atoms with van der Waals surface area (Å²) in [7, 11) is 0.395. The van der Waals surface area contributed by atoms with E-state index in [1.165, 1.54) is 17.7 Å². The van der Waals surface area contributed by atoms with Gasteiger partial charge in [-0.2, -0.15) is 0 Å². The number of sulfonamides is 1. The van der Waals surface area contributed by atoms with Crippen LogP contribution in [-0.4, -0.2) is 74.8 Å². The van der Waals surface area contributed by atoms with Crippen LogP contribution in [0.4, 0.5) is 0 Å². The van der Waals surface area contributed by atoms with Gasteiger partial charge in [-0.3, -0.25) is 4.90 Å². The van der Waals surface area contributed by atoms with Crippen molar-refractivity contribution in [2.45, 2.75) is 50.0 Å². The molecule has 180 valence electrons. The molecule has 0 saturated carbocycles. The highest BCUT2D eigenvalue weighted by molar-refractivity contribution is 7.89. The van der Waals surface area contributed by atoms with Gasteiger partial charge >= 0.3 is 0 Å². The van der Waals surface area contributed by atoms with Crippen molar-refractivity contribution < 1.29 is 13.5 Å². The maximum atomic E-state index is 13.0. The first-order chi connectivity index (χ1) is 15.8.